The van der Waals surface area contributed by atoms with Crippen LogP contribution in [0.3, 0.4) is 0 Å². The molecular formula is C15H16N2O2. The Morgan fingerprint density at radius 2 is 1.84 bits per heavy atom. The molecule has 2 rings (SSSR count). The number of benzene rings is 1. The van der Waals surface area contributed by atoms with Gasteiger partial charge < -0.3 is 9.88 Å². The maximum absolute atomic E-state index is 12.3. The fourth-order valence-corrected chi connectivity index (χ4v) is 2.01. The molecule has 1 aromatic carbocycles. The summed E-state index contributed by atoms with van der Waals surface area (Å²) in [5.41, 5.74) is 0.907. The number of carbonyl (C=O) groups is 1. The monoisotopic (exact) mass is 256 g/mol. The molecule has 0 radical (unpaired) electrons. The molecular weight excluding hydrogens is 240 g/mol. The number of aromatic nitrogens is 1. The summed E-state index contributed by atoms with van der Waals surface area (Å²) in [5.74, 6) is -0.361. The largest absolute Gasteiger partial charge is 0.355 e. The molecule has 4 nitrogen and oxygen atoms in total. The molecule has 0 aliphatic carbocycles. The van der Waals surface area contributed by atoms with Crippen LogP contribution in [0.15, 0.2) is 53.5 Å². The molecule has 1 N–H and O–H groups in total. The topological polar surface area (TPSA) is 51.1 Å². The lowest BCUT2D eigenvalue weighted by molar-refractivity contribution is 0.0961. The van der Waals surface area contributed by atoms with E-state index in [1.54, 1.807) is 16.8 Å². The molecule has 0 saturated heterocycles. The van der Waals surface area contributed by atoms with Crippen molar-refractivity contribution in [3.05, 3.63) is 70.1 Å². The third-order valence-electron chi connectivity index (χ3n) is 3.15. The first-order chi connectivity index (χ1) is 9.15. The smallest absolute Gasteiger partial charge is 0.263 e. The van der Waals surface area contributed by atoms with Crippen molar-refractivity contribution in [2.24, 2.45) is 0 Å². The Labute approximate surface area is 111 Å². The second-order valence-corrected chi connectivity index (χ2v) is 4.30. The quantitative estimate of drug-likeness (QED) is 0.910. The van der Waals surface area contributed by atoms with E-state index >= 15 is 0 Å². The van der Waals surface area contributed by atoms with Crippen LogP contribution in [0.2, 0.25) is 0 Å². The average Bonchev–Trinajstić information content (AvgIpc) is 2.47. The van der Waals surface area contributed by atoms with Crippen LogP contribution in [-0.2, 0) is 0 Å². The zero-order chi connectivity index (χ0) is 13.8. The summed E-state index contributed by atoms with van der Waals surface area (Å²) in [6.07, 6.45) is 1.70. The van der Waals surface area contributed by atoms with Crippen molar-refractivity contribution in [2.75, 3.05) is 7.05 Å². The van der Waals surface area contributed by atoms with Crippen LogP contribution in [0, 0.1) is 0 Å². The average molecular weight is 256 g/mol. The molecule has 0 fully saturated rings. The van der Waals surface area contributed by atoms with Crippen LogP contribution in [0.25, 0.3) is 0 Å². The van der Waals surface area contributed by atoms with Gasteiger partial charge in [-0.2, -0.15) is 0 Å². The molecule has 1 unspecified atom stereocenters. The van der Waals surface area contributed by atoms with E-state index in [1.165, 1.54) is 13.1 Å². The zero-order valence-corrected chi connectivity index (χ0v) is 11.0. The van der Waals surface area contributed by atoms with Crippen LogP contribution in [0.5, 0.6) is 0 Å². The minimum absolute atomic E-state index is 0.113. The normalized spacial score (nSPS) is 11.9. The third-order valence-corrected chi connectivity index (χ3v) is 3.15. The van der Waals surface area contributed by atoms with Gasteiger partial charge in [-0.15, -0.1) is 0 Å². The van der Waals surface area contributed by atoms with E-state index in [1.807, 2.05) is 37.3 Å². The zero-order valence-electron chi connectivity index (χ0n) is 11.0. The summed E-state index contributed by atoms with van der Waals surface area (Å²) in [6, 6.07) is 12.9. The number of hydrogen-bond acceptors (Lipinski definition) is 2. The molecule has 0 bridgehead atoms. The Kier molecular flexibility index (Phi) is 3.80. The Hall–Kier alpha value is -2.36. The van der Waals surface area contributed by atoms with Gasteiger partial charge >= 0.3 is 0 Å². The SMILES string of the molecule is CNC(=O)c1cccn(C(C)c2ccccc2)c1=O. The van der Waals surface area contributed by atoms with Gasteiger partial charge in [-0.1, -0.05) is 30.3 Å². The summed E-state index contributed by atoms with van der Waals surface area (Å²) >= 11 is 0. The van der Waals surface area contributed by atoms with Gasteiger partial charge in [0.25, 0.3) is 11.5 Å². The molecule has 19 heavy (non-hydrogen) atoms. The first-order valence-corrected chi connectivity index (χ1v) is 6.13. The summed E-state index contributed by atoms with van der Waals surface area (Å²) in [7, 11) is 1.51. The predicted molar refractivity (Wildman–Crippen MR) is 74.3 cm³/mol. The van der Waals surface area contributed by atoms with Gasteiger partial charge in [0.2, 0.25) is 0 Å². The Balaban J connectivity index is 2.47. The number of pyridine rings is 1. The van der Waals surface area contributed by atoms with Crippen LogP contribution >= 0.6 is 0 Å². The molecule has 1 amide bonds. The van der Waals surface area contributed by atoms with E-state index in [2.05, 4.69) is 5.32 Å². The van der Waals surface area contributed by atoms with Crippen LogP contribution in [-0.4, -0.2) is 17.5 Å². The van der Waals surface area contributed by atoms with Crippen molar-refractivity contribution in [3.8, 4) is 0 Å². The number of rotatable bonds is 3. The number of nitrogens with one attached hydrogen (secondary N) is 1. The highest BCUT2D eigenvalue weighted by Crippen LogP contribution is 2.15. The van der Waals surface area contributed by atoms with Crippen molar-refractivity contribution in [3.63, 3.8) is 0 Å². The van der Waals surface area contributed by atoms with Gasteiger partial charge in [0.15, 0.2) is 0 Å². The second-order valence-electron chi connectivity index (χ2n) is 4.30. The van der Waals surface area contributed by atoms with Crippen molar-refractivity contribution >= 4 is 5.91 Å². The van der Waals surface area contributed by atoms with Crippen LogP contribution in [0.1, 0.15) is 28.9 Å². The summed E-state index contributed by atoms with van der Waals surface area (Å²) in [4.78, 5) is 23.9. The highest BCUT2D eigenvalue weighted by atomic mass is 16.2. The van der Waals surface area contributed by atoms with E-state index in [0.717, 1.165) is 5.56 Å². The van der Waals surface area contributed by atoms with E-state index in [4.69, 9.17) is 0 Å². The van der Waals surface area contributed by atoms with Crippen LogP contribution < -0.4 is 10.9 Å². The lowest BCUT2D eigenvalue weighted by Gasteiger charge is -2.16. The number of carbonyl (C=O) groups excluding carboxylic acids is 1. The lowest BCUT2D eigenvalue weighted by Crippen LogP contribution is -2.32. The first-order valence-electron chi connectivity index (χ1n) is 6.13. The van der Waals surface area contributed by atoms with Gasteiger partial charge in [-0.25, -0.2) is 0 Å². The van der Waals surface area contributed by atoms with Gasteiger partial charge in [0.05, 0.1) is 6.04 Å². The molecule has 0 saturated carbocycles. The van der Waals surface area contributed by atoms with Crippen molar-refractivity contribution in [2.45, 2.75) is 13.0 Å². The van der Waals surface area contributed by atoms with E-state index < -0.39 is 0 Å². The Morgan fingerprint density at radius 1 is 1.16 bits per heavy atom. The molecule has 98 valence electrons. The molecule has 0 aliphatic heterocycles. The van der Waals surface area contributed by atoms with Crippen LogP contribution in [0.4, 0.5) is 0 Å². The maximum atomic E-state index is 12.3. The van der Waals surface area contributed by atoms with Gasteiger partial charge in [0, 0.05) is 13.2 Å². The van der Waals surface area contributed by atoms with Crippen molar-refractivity contribution < 1.29 is 4.79 Å². The molecule has 1 atom stereocenters. The van der Waals surface area contributed by atoms with Gasteiger partial charge in [0.1, 0.15) is 5.56 Å². The molecule has 0 aliphatic rings. The van der Waals surface area contributed by atoms with Gasteiger partial charge in [-0.05, 0) is 24.6 Å². The number of nitrogens with zero attached hydrogens (tertiary/aromatic N) is 1. The number of hydrogen-bond donors (Lipinski definition) is 1. The molecule has 0 spiro atoms. The first kappa shape index (κ1) is 13.1. The minimum atomic E-state index is -0.361. The van der Waals surface area contributed by atoms with E-state index in [9.17, 15) is 9.59 Å². The fraction of sp³-hybridized carbons (Fsp3) is 0.200. The summed E-state index contributed by atoms with van der Waals surface area (Å²) < 4.78 is 1.57. The molecule has 1 aromatic heterocycles. The predicted octanol–water partition coefficient (Wildman–Crippen LogP) is 1.82. The summed E-state index contributed by atoms with van der Waals surface area (Å²) in [6.45, 7) is 1.93. The van der Waals surface area contributed by atoms with Gasteiger partial charge in [-0.3, -0.25) is 9.59 Å². The van der Waals surface area contributed by atoms with Crippen molar-refractivity contribution in [1.82, 2.24) is 9.88 Å². The molecule has 1 heterocycles. The Morgan fingerprint density at radius 3 is 2.47 bits per heavy atom. The molecule has 4 heteroatoms. The standard InChI is InChI=1S/C15H16N2O2/c1-11(12-7-4-3-5-8-12)17-10-6-9-13(15(17)19)14(18)16-2/h3-11H,1-2H3,(H,16,18). The third kappa shape index (κ3) is 2.57. The number of amides is 1. The maximum Gasteiger partial charge on any atom is 0.263 e. The minimum Gasteiger partial charge on any atom is -0.355 e. The highest BCUT2D eigenvalue weighted by Gasteiger charge is 2.14. The van der Waals surface area contributed by atoms with E-state index in [-0.39, 0.29) is 23.1 Å². The highest BCUT2D eigenvalue weighted by molar-refractivity contribution is 5.93. The second kappa shape index (κ2) is 5.52. The Bertz CT molecular complexity index is 632. The molecule has 2 aromatic rings. The van der Waals surface area contributed by atoms with E-state index in [0.29, 0.717) is 0 Å². The lowest BCUT2D eigenvalue weighted by atomic mass is 10.1. The summed E-state index contributed by atoms with van der Waals surface area (Å²) in [5, 5.41) is 2.48. The fourth-order valence-electron chi connectivity index (χ4n) is 2.01. The van der Waals surface area contributed by atoms with Crippen molar-refractivity contribution in [1.29, 1.82) is 0 Å².